The third-order valence-electron chi connectivity index (χ3n) is 6.15. The zero-order chi connectivity index (χ0) is 19.6. The van der Waals surface area contributed by atoms with Gasteiger partial charge in [-0.3, -0.25) is 0 Å². The molecule has 0 aromatic heterocycles. The zero-order valence-corrected chi connectivity index (χ0v) is 15.9. The van der Waals surface area contributed by atoms with Crippen LogP contribution in [0.15, 0.2) is 12.1 Å². The van der Waals surface area contributed by atoms with E-state index in [9.17, 15) is 17.6 Å². The van der Waals surface area contributed by atoms with Gasteiger partial charge in [0.1, 0.15) is 17.1 Å². The van der Waals surface area contributed by atoms with E-state index in [0.717, 1.165) is 38.7 Å². The highest BCUT2D eigenvalue weighted by Crippen LogP contribution is 2.41. The van der Waals surface area contributed by atoms with Crippen LogP contribution in [-0.4, -0.2) is 19.3 Å². The van der Waals surface area contributed by atoms with Gasteiger partial charge in [-0.2, -0.15) is 13.2 Å². The van der Waals surface area contributed by atoms with Crippen LogP contribution in [0.1, 0.15) is 56.6 Å². The molecule has 6 heteroatoms. The lowest BCUT2D eigenvalue weighted by atomic mass is 9.74. The van der Waals surface area contributed by atoms with Gasteiger partial charge in [0, 0.05) is 0 Å². The lowest BCUT2D eigenvalue weighted by Crippen LogP contribution is -2.32. The molecule has 27 heavy (non-hydrogen) atoms. The quantitative estimate of drug-likeness (QED) is 0.576. The predicted molar refractivity (Wildman–Crippen MR) is 95.2 cm³/mol. The van der Waals surface area contributed by atoms with Gasteiger partial charge in [-0.25, -0.2) is 4.39 Å². The first-order valence-electron chi connectivity index (χ1n) is 9.86. The van der Waals surface area contributed by atoms with E-state index in [0.29, 0.717) is 17.9 Å². The Balaban J connectivity index is 1.54. The largest absolute Gasteiger partial charge is 0.493 e. The summed E-state index contributed by atoms with van der Waals surface area (Å²) in [7, 11) is 0. The van der Waals surface area contributed by atoms with E-state index in [1.54, 1.807) is 0 Å². The summed E-state index contributed by atoms with van der Waals surface area (Å²) in [5.74, 6) is -0.185. The lowest BCUT2D eigenvalue weighted by Gasteiger charge is -2.37. The summed E-state index contributed by atoms with van der Waals surface area (Å²) in [6, 6.07) is 2.56. The Hall–Kier alpha value is -1.30. The van der Waals surface area contributed by atoms with Gasteiger partial charge in [0.2, 0.25) is 0 Å². The van der Waals surface area contributed by atoms with E-state index in [2.05, 4.69) is 6.92 Å². The highest BCUT2D eigenvalue weighted by Gasteiger charge is 2.39. The van der Waals surface area contributed by atoms with Crippen LogP contribution in [0.3, 0.4) is 0 Å². The fraction of sp³-hybridized carbons (Fsp3) is 0.714. The van der Waals surface area contributed by atoms with Crippen molar-refractivity contribution >= 4 is 0 Å². The van der Waals surface area contributed by atoms with Crippen LogP contribution in [0.4, 0.5) is 17.6 Å². The molecule has 0 radical (unpaired) electrons. The van der Waals surface area contributed by atoms with Crippen LogP contribution >= 0.6 is 0 Å². The van der Waals surface area contributed by atoms with Crippen molar-refractivity contribution < 1.29 is 27.0 Å². The van der Waals surface area contributed by atoms with Crippen LogP contribution in [0.5, 0.6) is 5.75 Å². The van der Waals surface area contributed by atoms with Crippen LogP contribution in [-0.2, 0) is 10.9 Å². The van der Waals surface area contributed by atoms with Gasteiger partial charge < -0.3 is 9.47 Å². The number of ether oxygens (including phenoxy) is 2. The molecule has 1 saturated heterocycles. The van der Waals surface area contributed by atoms with Crippen LogP contribution in [0, 0.1) is 30.5 Å². The maximum absolute atomic E-state index is 14.0. The minimum Gasteiger partial charge on any atom is -0.493 e. The van der Waals surface area contributed by atoms with Gasteiger partial charge in [0.05, 0.1) is 19.3 Å². The molecule has 0 N–H and O–H groups in total. The molecule has 2 atom stereocenters. The molecule has 1 unspecified atom stereocenters. The van der Waals surface area contributed by atoms with Crippen molar-refractivity contribution in [1.29, 1.82) is 0 Å². The summed E-state index contributed by atoms with van der Waals surface area (Å²) in [4.78, 5) is 0. The van der Waals surface area contributed by atoms with E-state index >= 15 is 0 Å². The minimum absolute atomic E-state index is 0.0285. The maximum atomic E-state index is 14.0. The average Bonchev–Trinajstić information content (AvgIpc) is 2.63. The second kappa shape index (κ2) is 8.38. The Morgan fingerprint density at radius 3 is 2.30 bits per heavy atom. The molecule has 1 aromatic carbocycles. The molecule has 0 spiro atoms. The molecule has 2 aliphatic rings. The summed E-state index contributed by atoms with van der Waals surface area (Å²) < 4.78 is 64.8. The average molecular weight is 388 g/mol. The van der Waals surface area contributed by atoms with Gasteiger partial charge in [0.25, 0.3) is 0 Å². The van der Waals surface area contributed by atoms with Crippen LogP contribution in [0.25, 0.3) is 0 Å². The second-order valence-electron chi connectivity index (χ2n) is 8.14. The third kappa shape index (κ3) is 4.95. The Bertz CT molecular complexity index is 628. The van der Waals surface area contributed by atoms with Gasteiger partial charge in [-0.05, 0) is 81.8 Å². The molecule has 152 valence electrons. The van der Waals surface area contributed by atoms with Gasteiger partial charge >= 0.3 is 6.18 Å². The van der Waals surface area contributed by atoms with Crippen LogP contribution in [0.2, 0.25) is 0 Å². The predicted octanol–water partition coefficient (Wildman–Crippen LogP) is 6.15. The molecule has 2 nitrogen and oxygen atoms in total. The summed E-state index contributed by atoms with van der Waals surface area (Å²) >= 11 is 0. The van der Waals surface area contributed by atoms with E-state index < -0.39 is 23.3 Å². The second-order valence-corrected chi connectivity index (χ2v) is 8.14. The van der Waals surface area contributed by atoms with Gasteiger partial charge in [-0.1, -0.05) is 6.07 Å². The number of aryl methyl sites for hydroxylation is 1. The Morgan fingerprint density at radius 2 is 1.70 bits per heavy atom. The smallest absolute Gasteiger partial charge is 0.422 e. The topological polar surface area (TPSA) is 18.5 Å². The number of rotatable bonds is 4. The van der Waals surface area contributed by atoms with Crippen molar-refractivity contribution in [2.45, 2.75) is 64.7 Å². The normalized spacial score (nSPS) is 29.6. The van der Waals surface area contributed by atoms with E-state index in [4.69, 9.17) is 9.47 Å². The van der Waals surface area contributed by atoms with Gasteiger partial charge in [-0.15, -0.1) is 0 Å². The molecule has 1 aliphatic heterocycles. The standard InChI is InChI=1S/C21H28F4O2/c1-13-3-10-18(19(20(13)22)21(23,24)25)27-11-15-5-8-16(9-6-15)17-7-4-14(2)26-12-17/h3,10,14-17H,4-9,11-12H2,1-2H3/t14?,15?,16?,17-/m1/s1. The van der Waals surface area contributed by atoms with E-state index in [1.807, 2.05) is 0 Å². The van der Waals surface area contributed by atoms with Crippen molar-refractivity contribution in [2.24, 2.45) is 17.8 Å². The third-order valence-corrected chi connectivity index (χ3v) is 6.15. The summed E-state index contributed by atoms with van der Waals surface area (Å²) in [5.41, 5.74) is -1.32. The van der Waals surface area contributed by atoms with Crippen molar-refractivity contribution in [1.82, 2.24) is 0 Å². The first-order valence-corrected chi connectivity index (χ1v) is 9.86. The molecular formula is C21H28F4O2. The monoisotopic (exact) mass is 388 g/mol. The first kappa shape index (κ1) is 20.4. The summed E-state index contributed by atoms with van der Waals surface area (Å²) in [5, 5.41) is 0. The summed E-state index contributed by atoms with van der Waals surface area (Å²) in [6.45, 7) is 4.46. The highest BCUT2D eigenvalue weighted by molar-refractivity contribution is 5.40. The number of benzene rings is 1. The number of hydrogen-bond acceptors (Lipinski definition) is 2. The number of halogens is 4. The number of alkyl halides is 3. The molecule has 1 aromatic rings. The maximum Gasteiger partial charge on any atom is 0.422 e. The van der Waals surface area contributed by atoms with Crippen LogP contribution < -0.4 is 4.74 Å². The van der Waals surface area contributed by atoms with Crippen molar-refractivity contribution in [3.8, 4) is 5.75 Å². The Labute approximate surface area is 158 Å². The Kier molecular flexibility index (Phi) is 6.34. The SMILES string of the molecule is Cc1ccc(OCC2CCC([C@@H]3CCC(C)OC3)CC2)c(C(F)(F)F)c1F. The molecule has 3 rings (SSSR count). The fourth-order valence-corrected chi connectivity index (χ4v) is 4.36. The number of hydrogen-bond donors (Lipinski definition) is 0. The van der Waals surface area contributed by atoms with Crippen molar-refractivity contribution in [3.05, 3.63) is 29.1 Å². The lowest BCUT2D eigenvalue weighted by molar-refractivity contribution is -0.141. The summed E-state index contributed by atoms with van der Waals surface area (Å²) in [6.07, 6.45) is 1.89. The molecule has 2 fully saturated rings. The molecule has 0 bridgehead atoms. The van der Waals surface area contributed by atoms with Gasteiger partial charge in [0.15, 0.2) is 0 Å². The van der Waals surface area contributed by atoms with E-state index in [-0.39, 0.29) is 18.1 Å². The van der Waals surface area contributed by atoms with Crippen molar-refractivity contribution in [3.63, 3.8) is 0 Å². The minimum atomic E-state index is -4.76. The van der Waals surface area contributed by atoms with E-state index in [1.165, 1.54) is 25.5 Å². The first-order chi connectivity index (χ1) is 12.8. The molecule has 1 heterocycles. The Morgan fingerprint density at radius 1 is 1.04 bits per heavy atom. The fourth-order valence-electron chi connectivity index (χ4n) is 4.36. The highest BCUT2D eigenvalue weighted by atomic mass is 19.4. The van der Waals surface area contributed by atoms with Crippen molar-refractivity contribution in [2.75, 3.05) is 13.2 Å². The zero-order valence-electron chi connectivity index (χ0n) is 15.9. The molecular weight excluding hydrogens is 360 g/mol. The molecule has 1 aliphatic carbocycles. The molecule has 1 saturated carbocycles. The molecule has 0 amide bonds.